The number of phenolic OH excluding ortho intramolecular Hbond substituents is 1. The van der Waals surface area contributed by atoms with Gasteiger partial charge in [-0.2, -0.15) is 22.6 Å². The number of pyridine rings is 1. The third-order valence-electron chi connectivity index (χ3n) is 5.10. The molecule has 0 amide bonds. The Hall–Kier alpha value is -2.93. The highest BCUT2D eigenvalue weighted by molar-refractivity contribution is 7.88. The van der Waals surface area contributed by atoms with Crippen molar-refractivity contribution in [2.45, 2.75) is 6.18 Å². The first-order valence-electron chi connectivity index (χ1n) is 9.09. The molecule has 0 radical (unpaired) electrons. The van der Waals surface area contributed by atoms with Crippen LogP contribution in [0, 0.1) is 5.82 Å². The molecule has 1 aliphatic heterocycles. The van der Waals surface area contributed by atoms with Gasteiger partial charge in [0.05, 0.1) is 24.2 Å². The second-order valence-corrected chi connectivity index (χ2v) is 9.08. The van der Waals surface area contributed by atoms with Gasteiger partial charge in [-0.05, 0) is 18.2 Å². The van der Waals surface area contributed by atoms with E-state index in [2.05, 4.69) is 10.1 Å². The van der Waals surface area contributed by atoms with Crippen LogP contribution in [0.3, 0.4) is 0 Å². The molecule has 3 heterocycles. The Morgan fingerprint density at radius 3 is 2.39 bits per heavy atom. The monoisotopic (exact) mass is 459 g/mol. The summed E-state index contributed by atoms with van der Waals surface area (Å²) in [5.74, 6) is -2.38. The Morgan fingerprint density at radius 2 is 1.77 bits per heavy atom. The maximum absolute atomic E-state index is 14.5. The number of aromatic hydroxyl groups is 1. The van der Waals surface area contributed by atoms with E-state index in [0.29, 0.717) is 49.0 Å². The number of nitrogens with zero attached hydrogens (tertiary/aromatic N) is 5. The Bertz CT molecular complexity index is 1250. The summed E-state index contributed by atoms with van der Waals surface area (Å²) in [6.07, 6.45) is -0.942. The molecule has 0 aliphatic carbocycles. The highest BCUT2D eigenvalue weighted by atomic mass is 32.2. The van der Waals surface area contributed by atoms with Crippen LogP contribution in [-0.2, 0) is 16.2 Å². The molecule has 8 nitrogen and oxygen atoms in total. The number of rotatable bonds is 3. The maximum Gasteiger partial charge on any atom is 0.420 e. The van der Waals surface area contributed by atoms with Gasteiger partial charge >= 0.3 is 6.18 Å². The van der Waals surface area contributed by atoms with Crippen LogP contribution in [0.1, 0.15) is 5.56 Å². The molecule has 1 aromatic carbocycles. The number of hydrogen-bond acceptors (Lipinski definition) is 6. The molecule has 1 fully saturated rings. The van der Waals surface area contributed by atoms with E-state index in [1.165, 1.54) is 16.7 Å². The Labute approximate surface area is 174 Å². The predicted octanol–water partition coefficient (Wildman–Crippen LogP) is 2.37. The van der Waals surface area contributed by atoms with Gasteiger partial charge in [0.1, 0.15) is 17.1 Å². The lowest BCUT2D eigenvalue weighted by Gasteiger charge is -2.33. The molecular weight excluding hydrogens is 442 g/mol. The highest BCUT2D eigenvalue weighted by Crippen LogP contribution is 2.39. The van der Waals surface area contributed by atoms with Crippen LogP contribution in [0.25, 0.3) is 16.6 Å². The summed E-state index contributed by atoms with van der Waals surface area (Å²) in [6.45, 7) is 1.49. The summed E-state index contributed by atoms with van der Waals surface area (Å²) < 4.78 is 78.8. The summed E-state index contributed by atoms with van der Waals surface area (Å²) in [5, 5.41) is 14.3. The van der Waals surface area contributed by atoms with Crippen molar-refractivity contribution in [3.05, 3.63) is 42.0 Å². The molecular formula is C18H17F4N5O3S. The Balaban J connectivity index is 1.64. The summed E-state index contributed by atoms with van der Waals surface area (Å²) in [4.78, 5) is 6.21. The SMILES string of the molecule is CS(=O)(=O)N1CCN(c2cc3cnn(-c4ccc(C(F)(F)F)c(O)c4F)c3cn2)CC1. The van der Waals surface area contributed by atoms with Gasteiger partial charge in [-0.1, -0.05) is 0 Å². The molecule has 0 bridgehead atoms. The molecule has 0 saturated carbocycles. The van der Waals surface area contributed by atoms with Crippen LogP contribution in [0.4, 0.5) is 23.4 Å². The zero-order chi connectivity index (χ0) is 22.6. The van der Waals surface area contributed by atoms with Gasteiger partial charge in [-0.3, -0.25) is 0 Å². The fourth-order valence-corrected chi connectivity index (χ4v) is 4.30. The number of phenols is 1. The van der Waals surface area contributed by atoms with Crippen LogP contribution in [0.5, 0.6) is 5.75 Å². The number of anilines is 1. The van der Waals surface area contributed by atoms with E-state index < -0.39 is 33.3 Å². The van der Waals surface area contributed by atoms with Crippen molar-refractivity contribution in [3.8, 4) is 11.4 Å². The van der Waals surface area contributed by atoms with E-state index in [4.69, 9.17) is 0 Å². The lowest BCUT2D eigenvalue weighted by molar-refractivity contribution is -0.139. The second-order valence-electron chi connectivity index (χ2n) is 7.10. The molecule has 31 heavy (non-hydrogen) atoms. The van der Waals surface area contributed by atoms with Crippen LogP contribution in [-0.4, -0.2) is 65.0 Å². The molecule has 0 atom stereocenters. The lowest BCUT2D eigenvalue weighted by atomic mass is 10.1. The van der Waals surface area contributed by atoms with Gasteiger partial charge in [-0.25, -0.2) is 22.5 Å². The molecule has 13 heteroatoms. The molecule has 4 rings (SSSR count). The summed E-state index contributed by atoms with van der Waals surface area (Å²) in [5.41, 5.74) is -1.49. The normalized spacial score (nSPS) is 16.2. The summed E-state index contributed by atoms with van der Waals surface area (Å²) in [6, 6.07) is 3.16. The van der Waals surface area contributed by atoms with Crippen LogP contribution in [0.2, 0.25) is 0 Å². The van der Waals surface area contributed by atoms with Crippen molar-refractivity contribution in [3.63, 3.8) is 0 Å². The third-order valence-corrected chi connectivity index (χ3v) is 6.40. The minimum absolute atomic E-state index is 0.313. The Morgan fingerprint density at radius 1 is 1.10 bits per heavy atom. The second kappa shape index (κ2) is 7.34. The van der Waals surface area contributed by atoms with Crippen molar-refractivity contribution < 1.29 is 31.1 Å². The zero-order valence-electron chi connectivity index (χ0n) is 16.1. The van der Waals surface area contributed by atoms with Gasteiger partial charge in [0.2, 0.25) is 10.0 Å². The molecule has 3 aromatic rings. The van der Waals surface area contributed by atoms with Crippen LogP contribution in [0.15, 0.2) is 30.6 Å². The first-order valence-corrected chi connectivity index (χ1v) is 10.9. The van der Waals surface area contributed by atoms with E-state index in [0.717, 1.165) is 17.0 Å². The number of hydrogen-bond donors (Lipinski definition) is 1. The van der Waals surface area contributed by atoms with E-state index in [1.807, 2.05) is 4.90 Å². The smallest absolute Gasteiger partial charge is 0.420 e. The number of piperazine rings is 1. The fourth-order valence-electron chi connectivity index (χ4n) is 3.47. The molecule has 0 unspecified atom stereocenters. The molecule has 2 aromatic heterocycles. The maximum atomic E-state index is 14.5. The molecule has 1 saturated heterocycles. The van der Waals surface area contributed by atoms with E-state index in [1.54, 1.807) is 6.07 Å². The van der Waals surface area contributed by atoms with E-state index in [9.17, 15) is 31.1 Å². The first-order chi connectivity index (χ1) is 14.5. The van der Waals surface area contributed by atoms with Crippen molar-refractivity contribution >= 4 is 26.7 Å². The average Bonchev–Trinajstić information content (AvgIpc) is 3.11. The zero-order valence-corrected chi connectivity index (χ0v) is 17.0. The highest BCUT2D eigenvalue weighted by Gasteiger charge is 2.36. The number of aromatic nitrogens is 3. The van der Waals surface area contributed by atoms with Crippen molar-refractivity contribution in [2.24, 2.45) is 0 Å². The van der Waals surface area contributed by atoms with Crippen LogP contribution >= 0.6 is 0 Å². The summed E-state index contributed by atoms with van der Waals surface area (Å²) in [7, 11) is -3.27. The average molecular weight is 459 g/mol. The van der Waals surface area contributed by atoms with Gasteiger partial charge in [-0.15, -0.1) is 0 Å². The van der Waals surface area contributed by atoms with Crippen LogP contribution < -0.4 is 4.90 Å². The molecule has 166 valence electrons. The lowest BCUT2D eigenvalue weighted by Crippen LogP contribution is -2.48. The number of alkyl halides is 3. The summed E-state index contributed by atoms with van der Waals surface area (Å²) >= 11 is 0. The minimum Gasteiger partial charge on any atom is -0.504 e. The number of halogens is 4. The van der Waals surface area contributed by atoms with Crippen molar-refractivity contribution in [1.29, 1.82) is 0 Å². The number of fused-ring (bicyclic) bond motifs is 1. The van der Waals surface area contributed by atoms with Gasteiger partial charge in [0.25, 0.3) is 0 Å². The standard InChI is InChI=1S/C18H17F4N5O3S/c1-31(29,30)26-6-4-25(5-7-26)15-8-11-9-24-27(14(11)10-23-15)13-3-2-12(18(20,21)22)17(28)16(13)19/h2-3,8-10,28H,4-7H2,1H3. The van der Waals surface area contributed by atoms with E-state index >= 15 is 0 Å². The molecule has 1 aliphatic rings. The van der Waals surface area contributed by atoms with Crippen molar-refractivity contribution in [2.75, 3.05) is 37.3 Å². The van der Waals surface area contributed by atoms with E-state index in [-0.39, 0.29) is 5.69 Å². The van der Waals surface area contributed by atoms with Gasteiger partial charge < -0.3 is 10.0 Å². The number of benzene rings is 1. The van der Waals surface area contributed by atoms with Gasteiger partial charge in [0, 0.05) is 31.6 Å². The molecule has 0 spiro atoms. The van der Waals surface area contributed by atoms with Crippen molar-refractivity contribution in [1.82, 2.24) is 19.1 Å². The predicted molar refractivity (Wildman–Crippen MR) is 104 cm³/mol. The minimum atomic E-state index is -4.90. The first kappa shape index (κ1) is 21.3. The fraction of sp³-hybridized carbons (Fsp3) is 0.333. The topological polar surface area (TPSA) is 91.6 Å². The Kier molecular flexibility index (Phi) is 5.04. The third kappa shape index (κ3) is 3.90. The quantitative estimate of drug-likeness (QED) is 0.605. The van der Waals surface area contributed by atoms with Gasteiger partial charge in [0.15, 0.2) is 11.6 Å². The molecule has 1 N–H and O–H groups in total. The number of sulfonamides is 1. The largest absolute Gasteiger partial charge is 0.504 e.